The standard InChI is InChI=1S/C12H11P.2C5H5.Fe/c1-3-7-11(8-4-1)13-12-9-5-2-6-10-12;2*1-2-4-5-3-1;/h1-10,13H;2*1-5H;. The summed E-state index contributed by atoms with van der Waals surface area (Å²) < 4.78 is 0. The van der Waals surface area contributed by atoms with Crippen LogP contribution in [0.3, 0.4) is 0 Å². The summed E-state index contributed by atoms with van der Waals surface area (Å²) in [5, 5.41) is 2.79. The largest absolute Gasteiger partial charge is 0.0622 e. The SMILES string of the molecule is C1=C[CH]([Fe][CH]2C=CC=C2)C=C1.c1ccc(Pc2ccccc2)cc1. The van der Waals surface area contributed by atoms with Crippen LogP contribution >= 0.6 is 8.58 Å². The van der Waals surface area contributed by atoms with E-state index in [0.29, 0.717) is 9.63 Å². The van der Waals surface area contributed by atoms with Crippen LogP contribution in [0, 0.1) is 0 Å². The molecule has 2 aromatic rings. The molecule has 0 saturated heterocycles. The normalized spacial score (nSPS) is 15.8. The third kappa shape index (κ3) is 5.77. The quantitative estimate of drug-likeness (QED) is 0.510. The molecule has 0 aliphatic heterocycles. The van der Waals surface area contributed by atoms with Crippen molar-refractivity contribution in [3.8, 4) is 0 Å². The van der Waals surface area contributed by atoms with Gasteiger partial charge in [-0.3, -0.25) is 0 Å². The van der Waals surface area contributed by atoms with Gasteiger partial charge in [-0.25, -0.2) is 0 Å². The topological polar surface area (TPSA) is 0 Å². The Morgan fingerprint density at radius 1 is 0.542 bits per heavy atom. The summed E-state index contributed by atoms with van der Waals surface area (Å²) in [7, 11) is 0.777. The van der Waals surface area contributed by atoms with Gasteiger partial charge in [0.2, 0.25) is 0 Å². The third-order valence-corrected chi connectivity index (χ3v) is 6.44. The van der Waals surface area contributed by atoms with Crippen molar-refractivity contribution in [2.45, 2.75) is 9.63 Å². The number of hydrogen-bond acceptors (Lipinski definition) is 0. The van der Waals surface area contributed by atoms with Crippen LogP contribution in [-0.2, 0) is 15.0 Å². The van der Waals surface area contributed by atoms with E-state index in [0.717, 1.165) is 8.58 Å². The fraction of sp³-hybridized carbons (Fsp3) is 0.0909. The van der Waals surface area contributed by atoms with Crippen molar-refractivity contribution >= 4 is 19.2 Å². The zero-order valence-corrected chi connectivity index (χ0v) is 15.5. The summed E-state index contributed by atoms with van der Waals surface area (Å²) in [6.07, 6.45) is 17.6. The summed E-state index contributed by atoms with van der Waals surface area (Å²) in [5.74, 6) is 0. The minimum Gasteiger partial charge on any atom is -0.0622 e. The molecular formula is C22H21FeP. The van der Waals surface area contributed by atoms with Gasteiger partial charge >= 0.3 is 73.2 Å². The van der Waals surface area contributed by atoms with Gasteiger partial charge in [0.1, 0.15) is 0 Å². The Morgan fingerprint density at radius 3 is 1.29 bits per heavy atom. The van der Waals surface area contributed by atoms with Crippen LogP contribution < -0.4 is 10.6 Å². The first-order chi connectivity index (χ1) is 11.9. The van der Waals surface area contributed by atoms with Crippen molar-refractivity contribution in [3.05, 3.63) is 109 Å². The summed E-state index contributed by atoms with van der Waals surface area (Å²) >= 11 is 1.24. The van der Waals surface area contributed by atoms with Gasteiger partial charge in [-0.05, 0) is 10.6 Å². The molecule has 0 radical (unpaired) electrons. The van der Waals surface area contributed by atoms with Gasteiger partial charge in [0.15, 0.2) is 0 Å². The third-order valence-electron chi connectivity index (χ3n) is 3.49. The maximum atomic E-state index is 2.26. The molecule has 0 bridgehead atoms. The molecular weight excluding hydrogens is 351 g/mol. The second kappa shape index (κ2) is 9.60. The molecule has 2 aromatic carbocycles. The number of allylic oxidation sites excluding steroid dienone is 8. The average Bonchev–Trinajstić information content (AvgIpc) is 3.32. The van der Waals surface area contributed by atoms with Crippen molar-refractivity contribution < 1.29 is 15.0 Å². The Balaban J connectivity index is 0.000000143. The molecule has 0 unspecified atom stereocenters. The maximum Gasteiger partial charge on any atom is -0.0226 e. The Hall–Kier alpha value is -1.65. The smallest absolute Gasteiger partial charge is 0.0226 e. The zero-order valence-electron chi connectivity index (χ0n) is 13.4. The van der Waals surface area contributed by atoms with Crippen molar-refractivity contribution in [1.82, 2.24) is 0 Å². The second-order valence-corrected chi connectivity index (χ2v) is 8.62. The Kier molecular flexibility index (Phi) is 6.87. The molecule has 0 spiro atoms. The van der Waals surface area contributed by atoms with Crippen molar-refractivity contribution in [2.75, 3.05) is 0 Å². The van der Waals surface area contributed by atoms with Crippen LogP contribution in [0.25, 0.3) is 0 Å². The van der Waals surface area contributed by atoms with Gasteiger partial charge in [0, 0.05) is 0 Å². The molecule has 0 fully saturated rings. The molecule has 2 aliphatic rings. The number of benzene rings is 2. The molecule has 0 saturated carbocycles. The van der Waals surface area contributed by atoms with Crippen molar-refractivity contribution in [1.29, 1.82) is 0 Å². The predicted octanol–water partition coefficient (Wildman–Crippen LogP) is 5.21. The molecule has 24 heavy (non-hydrogen) atoms. The monoisotopic (exact) mass is 372 g/mol. The average molecular weight is 372 g/mol. The van der Waals surface area contributed by atoms with Crippen LogP contribution in [-0.4, -0.2) is 0 Å². The molecule has 0 N–H and O–H groups in total. The molecule has 4 rings (SSSR count). The van der Waals surface area contributed by atoms with E-state index < -0.39 is 0 Å². The van der Waals surface area contributed by atoms with Crippen molar-refractivity contribution in [3.63, 3.8) is 0 Å². The van der Waals surface area contributed by atoms with Crippen LogP contribution in [0.1, 0.15) is 0 Å². The Bertz CT molecular complexity index is 642. The number of rotatable bonds is 4. The van der Waals surface area contributed by atoms with E-state index in [9.17, 15) is 0 Å². The first-order valence-electron chi connectivity index (χ1n) is 8.06. The van der Waals surface area contributed by atoms with Crippen molar-refractivity contribution in [2.24, 2.45) is 0 Å². The maximum absolute atomic E-state index is 2.26. The fourth-order valence-electron chi connectivity index (χ4n) is 2.32. The first kappa shape index (κ1) is 17.2. The Labute approximate surface area is 153 Å². The molecule has 2 aliphatic carbocycles. The molecule has 0 heterocycles. The van der Waals surface area contributed by atoms with Gasteiger partial charge < -0.3 is 0 Å². The van der Waals surface area contributed by atoms with Gasteiger partial charge in [-0.2, -0.15) is 0 Å². The van der Waals surface area contributed by atoms with Gasteiger partial charge in [-0.1, -0.05) is 69.2 Å². The van der Waals surface area contributed by atoms with Crippen LogP contribution in [0.5, 0.6) is 0 Å². The number of hydrogen-bond donors (Lipinski definition) is 0. The second-order valence-electron chi connectivity index (χ2n) is 5.37. The van der Waals surface area contributed by atoms with Gasteiger partial charge in [-0.15, -0.1) is 0 Å². The fourth-order valence-corrected chi connectivity index (χ4v) is 4.85. The minimum absolute atomic E-state index is 0.674. The van der Waals surface area contributed by atoms with Crippen LogP contribution in [0.4, 0.5) is 0 Å². The summed E-state index contributed by atoms with van der Waals surface area (Å²) in [4.78, 5) is 1.35. The molecule has 0 nitrogen and oxygen atoms in total. The van der Waals surface area contributed by atoms with E-state index >= 15 is 0 Å². The van der Waals surface area contributed by atoms with E-state index in [2.05, 4.69) is 109 Å². The molecule has 0 atom stereocenters. The van der Waals surface area contributed by atoms with E-state index in [1.807, 2.05) is 0 Å². The van der Waals surface area contributed by atoms with E-state index in [4.69, 9.17) is 0 Å². The van der Waals surface area contributed by atoms with Crippen LogP contribution in [0.15, 0.2) is 109 Å². The molecule has 0 aromatic heterocycles. The molecule has 0 amide bonds. The minimum atomic E-state index is 0.674. The van der Waals surface area contributed by atoms with Crippen LogP contribution in [0.2, 0.25) is 9.63 Å². The Morgan fingerprint density at radius 2 is 0.917 bits per heavy atom. The summed E-state index contributed by atoms with van der Waals surface area (Å²) in [6, 6.07) is 21.2. The van der Waals surface area contributed by atoms with E-state index in [1.54, 1.807) is 0 Å². The van der Waals surface area contributed by atoms with Gasteiger partial charge in [0.05, 0.1) is 0 Å². The van der Waals surface area contributed by atoms with Gasteiger partial charge in [0.25, 0.3) is 0 Å². The predicted molar refractivity (Wildman–Crippen MR) is 105 cm³/mol. The van der Waals surface area contributed by atoms with E-state index in [1.165, 1.54) is 25.6 Å². The summed E-state index contributed by atoms with van der Waals surface area (Å²) in [6.45, 7) is 0. The zero-order chi connectivity index (χ0) is 16.5. The molecule has 2 heteroatoms. The first-order valence-corrected chi connectivity index (χ1v) is 10.3. The summed E-state index contributed by atoms with van der Waals surface area (Å²) in [5.41, 5.74) is 0. The molecule has 122 valence electrons. The van der Waals surface area contributed by atoms with E-state index in [-0.39, 0.29) is 0 Å².